The van der Waals surface area contributed by atoms with Crippen LogP contribution in [0.5, 0.6) is 0 Å². The van der Waals surface area contributed by atoms with Crippen molar-refractivity contribution in [2.24, 2.45) is 0 Å². The van der Waals surface area contributed by atoms with E-state index < -0.39 is 18.0 Å². The fourth-order valence-electron chi connectivity index (χ4n) is 1.63. The van der Waals surface area contributed by atoms with Gasteiger partial charge in [-0.2, -0.15) is 5.26 Å². The fraction of sp³-hybridized carbons (Fsp3) is 0.357. The minimum atomic E-state index is -1.04. The number of rotatable bonds is 6. The lowest BCUT2D eigenvalue weighted by atomic mass is 10.1. The van der Waals surface area contributed by atoms with E-state index >= 15 is 0 Å². The molecule has 20 heavy (non-hydrogen) atoms. The summed E-state index contributed by atoms with van der Waals surface area (Å²) in [7, 11) is 0. The van der Waals surface area contributed by atoms with Crippen molar-refractivity contribution in [2.45, 2.75) is 32.4 Å². The first-order valence-electron chi connectivity index (χ1n) is 6.33. The van der Waals surface area contributed by atoms with E-state index in [0.717, 1.165) is 5.56 Å². The predicted molar refractivity (Wildman–Crippen MR) is 72.9 cm³/mol. The van der Waals surface area contributed by atoms with Gasteiger partial charge in [-0.05, 0) is 24.1 Å². The molecule has 0 fully saturated rings. The van der Waals surface area contributed by atoms with Crippen LogP contribution in [0, 0.1) is 11.3 Å². The van der Waals surface area contributed by atoms with Crippen molar-refractivity contribution in [1.29, 1.82) is 5.26 Å². The van der Waals surface area contributed by atoms with Crippen LogP contribution in [-0.2, 0) is 11.3 Å². The second kappa shape index (κ2) is 7.79. The normalized spacial score (nSPS) is 11.2. The number of aliphatic carboxylic acids is 1. The molecule has 1 rings (SSSR count). The van der Waals surface area contributed by atoms with E-state index in [9.17, 15) is 9.59 Å². The van der Waals surface area contributed by atoms with Gasteiger partial charge in [0.05, 0.1) is 11.6 Å². The number of benzene rings is 1. The number of urea groups is 1. The Kier molecular flexibility index (Phi) is 6.04. The second-order valence-electron chi connectivity index (χ2n) is 4.32. The molecule has 0 saturated carbocycles. The molecule has 0 aliphatic carbocycles. The molecule has 0 aliphatic heterocycles. The molecule has 0 unspecified atom stereocenters. The monoisotopic (exact) mass is 275 g/mol. The van der Waals surface area contributed by atoms with Crippen LogP contribution in [0.15, 0.2) is 24.3 Å². The summed E-state index contributed by atoms with van der Waals surface area (Å²) in [4.78, 5) is 22.5. The highest BCUT2D eigenvalue weighted by molar-refractivity contribution is 5.82. The van der Waals surface area contributed by atoms with Gasteiger partial charge in [0.15, 0.2) is 0 Å². The van der Waals surface area contributed by atoms with Crippen LogP contribution < -0.4 is 10.6 Å². The summed E-state index contributed by atoms with van der Waals surface area (Å²) in [5, 5.41) is 22.6. The molecule has 0 bridgehead atoms. The lowest BCUT2D eigenvalue weighted by Gasteiger charge is -2.14. The van der Waals surface area contributed by atoms with Crippen molar-refractivity contribution in [1.82, 2.24) is 10.6 Å². The van der Waals surface area contributed by atoms with E-state index in [1.54, 1.807) is 24.3 Å². The minimum absolute atomic E-state index is 0.274. The van der Waals surface area contributed by atoms with Crippen molar-refractivity contribution in [3.63, 3.8) is 0 Å². The Morgan fingerprint density at radius 1 is 1.35 bits per heavy atom. The fourth-order valence-corrected chi connectivity index (χ4v) is 1.63. The molecule has 0 saturated heterocycles. The Labute approximate surface area is 117 Å². The lowest BCUT2D eigenvalue weighted by Crippen LogP contribution is -2.45. The number of carbonyl (C=O) groups excluding carboxylic acids is 1. The van der Waals surface area contributed by atoms with Gasteiger partial charge in [-0.25, -0.2) is 9.59 Å². The smallest absolute Gasteiger partial charge is 0.326 e. The average molecular weight is 275 g/mol. The maximum absolute atomic E-state index is 11.6. The van der Waals surface area contributed by atoms with E-state index in [2.05, 4.69) is 10.6 Å². The number of carbonyl (C=O) groups is 2. The summed E-state index contributed by atoms with van der Waals surface area (Å²) in [6, 6.07) is 7.40. The van der Waals surface area contributed by atoms with Crippen molar-refractivity contribution < 1.29 is 14.7 Å². The molecule has 1 aromatic rings. The third kappa shape index (κ3) is 4.98. The molecular weight excluding hydrogens is 258 g/mol. The summed E-state index contributed by atoms with van der Waals surface area (Å²) < 4.78 is 0. The Balaban J connectivity index is 2.46. The number of carboxylic acids is 1. The highest BCUT2D eigenvalue weighted by atomic mass is 16.4. The molecule has 3 N–H and O–H groups in total. The second-order valence-corrected chi connectivity index (χ2v) is 4.32. The van der Waals surface area contributed by atoms with E-state index in [0.29, 0.717) is 18.4 Å². The molecule has 0 heterocycles. The van der Waals surface area contributed by atoms with Crippen LogP contribution in [-0.4, -0.2) is 23.1 Å². The van der Waals surface area contributed by atoms with E-state index in [1.165, 1.54) is 0 Å². The van der Waals surface area contributed by atoms with Gasteiger partial charge in [-0.3, -0.25) is 0 Å². The van der Waals surface area contributed by atoms with Crippen molar-refractivity contribution in [3.05, 3.63) is 35.4 Å². The number of nitrogens with zero attached hydrogens (tertiary/aromatic N) is 1. The number of hydrogen-bond donors (Lipinski definition) is 3. The zero-order chi connectivity index (χ0) is 15.0. The number of nitriles is 1. The largest absolute Gasteiger partial charge is 0.480 e. The number of amides is 2. The Hall–Kier alpha value is -2.55. The molecule has 0 spiro atoms. The molecular formula is C14H17N3O3. The van der Waals surface area contributed by atoms with Crippen molar-refractivity contribution in [2.75, 3.05) is 0 Å². The summed E-state index contributed by atoms with van der Waals surface area (Å²) in [6.45, 7) is 2.13. The highest BCUT2D eigenvalue weighted by Crippen LogP contribution is 2.03. The van der Waals surface area contributed by atoms with Gasteiger partial charge in [-0.15, -0.1) is 0 Å². The van der Waals surface area contributed by atoms with Crippen LogP contribution in [0.3, 0.4) is 0 Å². The summed E-state index contributed by atoms with van der Waals surface area (Å²) in [6.07, 6.45) is 1.06. The third-order valence-corrected chi connectivity index (χ3v) is 2.72. The van der Waals surface area contributed by atoms with Gasteiger partial charge < -0.3 is 15.7 Å². The van der Waals surface area contributed by atoms with Gasteiger partial charge >= 0.3 is 12.0 Å². The SMILES string of the molecule is CCC[C@H](NC(=O)NCc1ccc(C#N)cc1)C(=O)O. The maximum Gasteiger partial charge on any atom is 0.326 e. The number of carboxylic acid groups (broad SMARTS) is 1. The van der Waals surface area contributed by atoms with E-state index in [1.807, 2.05) is 13.0 Å². The van der Waals surface area contributed by atoms with Crippen LogP contribution in [0.2, 0.25) is 0 Å². The van der Waals surface area contributed by atoms with Gasteiger partial charge in [0, 0.05) is 6.54 Å². The lowest BCUT2D eigenvalue weighted by molar-refractivity contribution is -0.139. The molecule has 2 amide bonds. The topological polar surface area (TPSA) is 102 Å². The Morgan fingerprint density at radius 2 is 2.00 bits per heavy atom. The third-order valence-electron chi connectivity index (χ3n) is 2.72. The minimum Gasteiger partial charge on any atom is -0.480 e. The number of nitrogens with one attached hydrogen (secondary N) is 2. The summed E-state index contributed by atoms with van der Waals surface area (Å²) in [5.41, 5.74) is 1.38. The number of hydrogen-bond acceptors (Lipinski definition) is 3. The van der Waals surface area contributed by atoms with Gasteiger partial charge in [0.25, 0.3) is 0 Å². The summed E-state index contributed by atoms with van der Waals surface area (Å²) >= 11 is 0. The van der Waals surface area contributed by atoms with Gasteiger partial charge in [0.1, 0.15) is 6.04 Å². The summed E-state index contributed by atoms with van der Waals surface area (Å²) in [5.74, 6) is -1.04. The zero-order valence-corrected chi connectivity index (χ0v) is 11.2. The molecule has 6 nitrogen and oxygen atoms in total. The van der Waals surface area contributed by atoms with E-state index in [4.69, 9.17) is 10.4 Å². The van der Waals surface area contributed by atoms with Gasteiger partial charge in [0.2, 0.25) is 0 Å². The quantitative estimate of drug-likeness (QED) is 0.734. The molecule has 0 aromatic heterocycles. The first kappa shape index (κ1) is 15.5. The first-order valence-corrected chi connectivity index (χ1v) is 6.33. The molecule has 1 aromatic carbocycles. The molecule has 6 heteroatoms. The van der Waals surface area contributed by atoms with Crippen molar-refractivity contribution in [3.8, 4) is 6.07 Å². The van der Waals surface area contributed by atoms with Crippen LogP contribution >= 0.6 is 0 Å². The molecule has 1 atom stereocenters. The standard InChI is InChI=1S/C14H17N3O3/c1-2-3-12(13(18)19)17-14(20)16-9-11-6-4-10(8-15)5-7-11/h4-7,12H,2-3,9H2,1H3,(H,18,19)(H2,16,17,20)/t12-/m0/s1. The Bertz CT molecular complexity index is 505. The molecule has 0 aliphatic rings. The predicted octanol–water partition coefficient (Wildman–Crippen LogP) is 1.61. The van der Waals surface area contributed by atoms with Gasteiger partial charge in [-0.1, -0.05) is 25.5 Å². The first-order chi connectivity index (χ1) is 9.56. The zero-order valence-electron chi connectivity index (χ0n) is 11.2. The van der Waals surface area contributed by atoms with Crippen molar-refractivity contribution >= 4 is 12.0 Å². The highest BCUT2D eigenvalue weighted by Gasteiger charge is 2.18. The average Bonchev–Trinajstić information content (AvgIpc) is 2.45. The molecule has 0 radical (unpaired) electrons. The maximum atomic E-state index is 11.6. The Morgan fingerprint density at radius 3 is 2.50 bits per heavy atom. The van der Waals surface area contributed by atoms with Crippen LogP contribution in [0.1, 0.15) is 30.9 Å². The molecule has 106 valence electrons. The van der Waals surface area contributed by atoms with Crippen LogP contribution in [0.4, 0.5) is 4.79 Å². The van der Waals surface area contributed by atoms with E-state index in [-0.39, 0.29) is 6.54 Å². The van der Waals surface area contributed by atoms with Crippen LogP contribution in [0.25, 0.3) is 0 Å².